The van der Waals surface area contributed by atoms with Crippen LogP contribution >= 0.6 is 11.6 Å². The number of imidazole rings is 1. The van der Waals surface area contributed by atoms with Gasteiger partial charge >= 0.3 is 0 Å². The summed E-state index contributed by atoms with van der Waals surface area (Å²) in [5.74, 6) is 0.0579. The van der Waals surface area contributed by atoms with E-state index in [0.717, 1.165) is 5.69 Å². The summed E-state index contributed by atoms with van der Waals surface area (Å²) >= 11 is 5.98. The summed E-state index contributed by atoms with van der Waals surface area (Å²) in [7, 11) is 0. The van der Waals surface area contributed by atoms with E-state index in [9.17, 15) is 4.79 Å². The molecule has 2 aromatic heterocycles. The molecule has 1 amide bonds. The molecule has 2 aromatic rings. The molecule has 0 spiro atoms. The van der Waals surface area contributed by atoms with Crippen LogP contribution in [0.5, 0.6) is 0 Å². The van der Waals surface area contributed by atoms with Crippen molar-refractivity contribution in [2.75, 3.05) is 0 Å². The quantitative estimate of drug-likeness (QED) is 0.764. The lowest BCUT2D eigenvalue weighted by Crippen LogP contribution is -2.13. The van der Waals surface area contributed by atoms with Crippen LogP contribution in [0, 0.1) is 6.92 Å². The van der Waals surface area contributed by atoms with Gasteiger partial charge in [-0.3, -0.25) is 9.20 Å². The van der Waals surface area contributed by atoms with Crippen LogP contribution in [0.3, 0.4) is 0 Å². The van der Waals surface area contributed by atoms with E-state index in [4.69, 9.17) is 17.3 Å². The van der Waals surface area contributed by atoms with Gasteiger partial charge in [-0.05, 0) is 13.0 Å². The molecule has 0 fully saturated rings. The Morgan fingerprint density at radius 2 is 2.33 bits per heavy atom. The fourth-order valence-electron chi connectivity index (χ4n) is 1.35. The fraction of sp³-hybridized carbons (Fsp3) is 0.222. The average Bonchev–Trinajstić information content (AvgIpc) is 2.45. The van der Waals surface area contributed by atoms with Crippen molar-refractivity contribution in [2.45, 2.75) is 13.3 Å². The maximum Gasteiger partial charge on any atom is 0.235 e. The summed E-state index contributed by atoms with van der Waals surface area (Å²) in [6.45, 7) is 1.83. The number of halogens is 1. The van der Waals surface area contributed by atoms with Gasteiger partial charge in [0.1, 0.15) is 5.15 Å². The lowest BCUT2D eigenvalue weighted by molar-refractivity contribution is -0.117. The van der Waals surface area contributed by atoms with E-state index in [0.29, 0.717) is 16.6 Å². The predicted octanol–water partition coefficient (Wildman–Crippen LogP) is 0.719. The van der Waals surface area contributed by atoms with Crippen LogP contribution in [0.15, 0.2) is 12.3 Å². The van der Waals surface area contributed by atoms with Crippen LogP contribution < -0.4 is 5.73 Å². The lowest BCUT2D eigenvalue weighted by Gasteiger charge is -1.96. The number of rotatable bonds is 2. The molecular formula is C9H9ClN4O. The first-order chi connectivity index (χ1) is 7.06. The monoisotopic (exact) mass is 224 g/mol. The first kappa shape index (κ1) is 9.92. The standard InChI is InChI=1S/C9H9ClN4O/c1-5-2-7(10)14-4-6(3-8(11)15)13-9(14)12-5/h2,4H,3H2,1H3,(H2,11,15). The van der Waals surface area contributed by atoms with Gasteiger partial charge in [0.15, 0.2) is 0 Å². The third-order valence-corrected chi connectivity index (χ3v) is 2.22. The van der Waals surface area contributed by atoms with Crippen molar-refractivity contribution in [1.29, 1.82) is 0 Å². The Labute approximate surface area is 90.9 Å². The highest BCUT2D eigenvalue weighted by molar-refractivity contribution is 6.29. The number of amides is 1. The number of carbonyl (C=O) groups is 1. The molecule has 2 rings (SSSR count). The topological polar surface area (TPSA) is 73.3 Å². The van der Waals surface area contributed by atoms with E-state index in [1.54, 1.807) is 16.7 Å². The Kier molecular flexibility index (Phi) is 2.32. The van der Waals surface area contributed by atoms with Crippen LogP contribution in [0.25, 0.3) is 5.78 Å². The van der Waals surface area contributed by atoms with Gasteiger partial charge in [0, 0.05) is 11.9 Å². The van der Waals surface area contributed by atoms with Crippen LogP contribution in [0.4, 0.5) is 0 Å². The Morgan fingerprint density at radius 3 is 3.00 bits per heavy atom. The minimum atomic E-state index is -0.425. The third kappa shape index (κ3) is 1.92. The number of primary amides is 1. The molecule has 2 N–H and O–H groups in total. The zero-order chi connectivity index (χ0) is 11.0. The molecule has 5 nitrogen and oxygen atoms in total. The number of nitrogens with zero attached hydrogens (tertiary/aromatic N) is 3. The number of carbonyl (C=O) groups excluding carboxylic acids is 1. The molecule has 0 aliphatic rings. The number of aromatic nitrogens is 3. The maximum absolute atomic E-state index is 10.7. The minimum absolute atomic E-state index is 0.0960. The predicted molar refractivity (Wildman–Crippen MR) is 55.6 cm³/mol. The van der Waals surface area contributed by atoms with Crippen LogP contribution in [-0.2, 0) is 11.2 Å². The van der Waals surface area contributed by atoms with Gasteiger partial charge in [-0.25, -0.2) is 9.97 Å². The Bertz CT molecular complexity index is 534. The highest BCUT2D eigenvalue weighted by Gasteiger charge is 2.08. The molecule has 6 heteroatoms. The van der Waals surface area contributed by atoms with Crippen LogP contribution in [-0.4, -0.2) is 20.3 Å². The molecule has 0 aromatic carbocycles. The molecule has 0 saturated carbocycles. The first-order valence-electron chi connectivity index (χ1n) is 4.35. The Hall–Kier alpha value is -1.62. The highest BCUT2D eigenvalue weighted by Crippen LogP contribution is 2.13. The summed E-state index contributed by atoms with van der Waals surface area (Å²) in [5, 5.41) is 0.515. The van der Waals surface area contributed by atoms with Crippen molar-refractivity contribution < 1.29 is 4.79 Å². The van der Waals surface area contributed by atoms with E-state index in [-0.39, 0.29) is 6.42 Å². The van der Waals surface area contributed by atoms with Crippen LogP contribution in [0.2, 0.25) is 5.15 Å². The highest BCUT2D eigenvalue weighted by atomic mass is 35.5. The maximum atomic E-state index is 10.7. The van der Waals surface area contributed by atoms with Crippen molar-refractivity contribution in [3.63, 3.8) is 0 Å². The summed E-state index contributed by atoms with van der Waals surface area (Å²) in [6.07, 6.45) is 1.76. The normalized spacial score (nSPS) is 10.8. The Balaban J connectivity index is 2.55. The molecule has 0 unspecified atom stereocenters. The zero-order valence-corrected chi connectivity index (χ0v) is 8.82. The van der Waals surface area contributed by atoms with Crippen molar-refractivity contribution in [1.82, 2.24) is 14.4 Å². The number of hydrogen-bond acceptors (Lipinski definition) is 3. The summed E-state index contributed by atoms with van der Waals surface area (Å²) < 4.78 is 1.62. The fourth-order valence-corrected chi connectivity index (χ4v) is 1.63. The summed E-state index contributed by atoms with van der Waals surface area (Å²) in [5.41, 5.74) is 6.43. The second-order valence-corrected chi connectivity index (χ2v) is 3.65. The number of fused-ring (bicyclic) bond motifs is 1. The zero-order valence-electron chi connectivity index (χ0n) is 8.07. The molecule has 0 radical (unpaired) electrons. The summed E-state index contributed by atoms with van der Waals surface area (Å²) in [6, 6.07) is 1.73. The average molecular weight is 225 g/mol. The summed E-state index contributed by atoms with van der Waals surface area (Å²) in [4.78, 5) is 19.0. The second kappa shape index (κ2) is 3.51. The second-order valence-electron chi connectivity index (χ2n) is 3.27. The Morgan fingerprint density at radius 1 is 1.60 bits per heavy atom. The molecule has 0 atom stereocenters. The van der Waals surface area contributed by atoms with Gasteiger partial charge in [0.25, 0.3) is 0 Å². The van der Waals surface area contributed by atoms with E-state index < -0.39 is 5.91 Å². The molecular weight excluding hydrogens is 216 g/mol. The molecule has 0 aliphatic carbocycles. The molecule has 0 saturated heterocycles. The van der Waals surface area contributed by atoms with E-state index in [2.05, 4.69) is 9.97 Å². The largest absolute Gasteiger partial charge is 0.369 e. The molecule has 78 valence electrons. The van der Waals surface area contributed by atoms with Gasteiger partial charge in [0.05, 0.1) is 12.1 Å². The number of nitrogens with two attached hydrogens (primary N) is 1. The van der Waals surface area contributed by atoms with E-state index in [1.807, 2.05) is 6.92 Å². The molecule has 15 heavy (non-hydrogen) atoms. The minimum Gasteiger partial charge on any atom is -0.369 e. The van der Waals surface area contributed by atoms with Gasteiger partial charge in [-0.15, -0.1) is 0 Å². The lowest BCUT2D eigenvalue weighted by atomic mass is 10.3. The van der Waals surface area contributed by atoms with Crippen molar-refractivity contribution >= 4 is 23.3 Å². The van der Waals surface area contributed by atoms with Gasteiger partial charge in [0.2, 0.25) is 11.7 Å². The van der Waals surface area contributed by atoms with Gasteiger partial charge in [-0.2, -0.15) is 0 Å². The van der Waals surface area contributed by atoms with E-state index >= 15 is 0 Å². The van der Waals surface area contributed by atoms with Gasteiger partial charge < -0.3 is 5.73 Å². The van der Waals surface area contributed by atoms with Gasteiger partial charge in [-0.1, -0.05) is 11.6 Å². The molecule has 2 heterocycles. The van der Waals surface area contributed by atoms with Crippen LogP contribution in [0.1, 0.15) is 11.4 Å². The van der Waals surface area contributed by atoms with Crippen molar-refractivity contribution in [3.8, 4) is 0 Å². The molecule has 0 bridgehead atoms. The SMILES string of the molecule is Cc1cc(Cl)n2cc(CC(N)=O)nc2n1. The van der Waals surface area contributed by atoms with Crippen molar-refractivity contribution in [3.05, 3.63) is 28.8 Å². The first-order valence-corrected chi connectivity index (χ1v) is 4.73. The number of aryl methyl sites for hydroxylation is 1. The smallest absolute Gasteiger partial charge is 0.235 e. The van der Waals surface area contributed by atoms with Crippen molar-refractivity contribution in [2.24, 2.45) is 5.73 Å². The number of hydrogen-bond donors (Lipinski definition) is 1. The third-order valence-electron chi connectivity index (χ3n) is 1.93. The van der Waals surface area contributed by atoms with E-state index in [1.165, 1.54) is 0 Å². The molecule has 0 aliphatic heterocycles.